The summed E-state index contributed by atoms with van der Waals surface area (Å²) in [6.07, 6.45) is -0.206. The van der Waals surface area contributed by atoms with E-state index in [2.05, 4.69) is 26.0 Å². The molecule has 0 aliphatic carbocycles. The number of methoxy groups -OCH3 is 2. The van der Waals surface area contributed by atoms with Gasteiger partial charge in [0.1, 0.15) is 0 Å². The maximum atomic E-state index is 5.29. The molecule has 2 nitrogen and oxygen atoms in total. The molecular formula is C12H18O2S. The topological polar surface area (TPSA) is 18.5 Å². The molecule has 0 aromatic heterocycles. The second-order valence-corrected chi connectivity index (χ2v) is 5.55. The molecule has 0 bridgehead atoms. The summed E-state index contributed by atoms with van der Waals surface area (Å²) in [5, 5.41) is 0. The largest absolute Gasteiger partial charge is 0.354 e. The summed E-state index contributed by atoms with van der Waals surface area (Å²) in [4.78, 5) is 1.22. The minimum atomic E-state index is -0.206. The van der Waals surface area contributed by atoms with Gasteiger partial charge in [-0.05, 0) is 26.0 Å². The highest BCUT2D eigenvalue weighted by molar-refractivity contribution is 8.00. The van der Waals surface area contributed by atoms with Crippen molar-refractivity contribution in [1.29, 1.82) is 0 Å². The first-order valence-electron chi connectivity index (χ1n) is 4.90. The van der Waals surface area contributed by atoms with Crippen LogP contribution in [0.4, 0.5) is 0 Å². The number of thioether (sulfide) groups is 1. The van der Waals surface area contributed by atoms with Crippen molar-refractivity contribution in [3.63, 3.8) is 0 Å². The second-order valence-electron chi connectivity index (χ2n) is 3.82. The lowest BCUT2D eigenvalue weighted by Crippen LogP contribution is -2.35. The highest BCUT2D eigenvalue weighted by atomic mass is 32.2. The molecule has 0 amide bonds. The Morgan fingerprint density at radius 3 is 2.07 bits per heavy atom. The first kappa shape index (κ1) is 12.6. The van der Waals surface area contributed by atoms with Gasteiger partial charge in [0, 0.05) is 19.1 Å². The molecule has 0 heterocycles. The lowest BCUT2D eigenvalue weighted by molar-refractivity contribution is -0.118. The SMILES string of the molecule is COC(OC)C(C)(C)Sc1ccccc1. The molecule has 84 valence electrons. The zero-order valence-electron chi connectivity index (χ0n) is 9.69. The molecule has 0 saturated heterocycles. The van der Waals surface area contributed by atoms with Crippen LogP contribution in [0.25, 0.3) is 0 Å². The van der Waals surface area contributed by atoms with Gasteiger partial charge in [-0.15, -0.1) is 11.8 Å². The lowest BCUT2D eigenvalue weighted by Gasteiger charge is -2.31. The van der Waals surface area contributed by atoms with Gasteiger partial charge in [0.05, 0.1) is 4.75 Å². The lowest BCUT2D eigenvalue weighted by atomic mass is 10.2. The summed E-state index contributed by atoms with van der Waals surface area (Å²) >= 11 is 1.75. The van der Waals surface area contributed by atoms with Gasteiger partial charge in [0.2, 0.25) is 0 Å². The molecule has 3 heteroatoms. The molecular weight excluding hydrogens is 208 g/mol. The van der Waals surface area contributed by atoms with Gasteiger partial charge in [-0.3, -0.25) is 0 Å². The number of rotatable bonds is 5. The van der Waals surface area contributed by atoms with E-state index in [0.717, 1.165) is 0 Å². The van der Waals surface area contributed by atoms with Gasteiger partial charge >= 0.3 is 0 Å². The standard InChI is InChI=1S/C12H18O2S/c1-12(2,11(13-3)14-4)15-10-8-6-5-7-9-10/h5-9,11H,1-4H3. The Kier molecular flexibility index (Phi) is 4.64. The molecule has 1 aromatic rings. The van der Waals surface area contributed by atoms with Crippen molar-refractivity contribution >= 4 is 11.8 Å². The second kappa shape index (κ2) is 5.54. The third-order valence-electron chi connectivity index (χ3n) is 2.12. The van der Waals surface area contributed by atoms with Crippen molar-refractivity contribution in [2.24, 2.45) is 0 Å². The molecule has 0 atom stereocenters. The summed E-state index contributed by atoms with van der Waals surface area (Å²) in [5.74, 6) is 0. The number of hydrogen-bond donors (Lipinski definition) is 0. The maximum absolute atomic E-state index is 5.29. The number of ether oxygens (including phenoxy) is 2. The fourth-order valence-corrected chi connectivity index (χ4v) is 2.69. The average Bonchev–Trinajstić information content (AvgIpc) is 2.19. The van der Waals surface area contributed by atoms with Crippen LogP contribution in [0.5, 0.6) is 0 Å². The van der Waals surface area contributed by atoms with E-state index in [0.29, 0.717) is 0 Å². The van der Waals surface area contributed by atoms with Crippen molar-refractivity contribution in [2.45, 2.75) is 29.8 Å². The Morgan fingerprint density at radius 2 is 1.60 bits per heavy atom. The average molecular weight is 226 g/mol. The fourth-order valence-electron chi connectivity index (χ4n) is 1.50. The van der Waals surface area contributed by atoms with Crippen LogP contribution >= 0.6 is 11.8 Å². The van der Waals surface area contributed by atoms with Gasteiger partial charge in [0.25, 0.3) is 0 Å². The molecule has 0 aliphatic heterocycles. The van der Waals surface area contributed by atoms with Gasteiger partial charge in [-0.1, -0.05) is 18.2 Å². The molecule has 1 aromatic carbocycles. The van der Waals surface area contributed by atoms with Crippen LogP contribution < -0.4 is 0 Å². The van der Waals surface area contributed by atoms with Gasteiger partial charge in [0.15, 0.2) is 6.29 Å². The molecule has 0 unspecified atom stereocenters. The fraction of sp³-hybridized carbons (Fsp3) is 0.500. The Labute approximate surface area is 96.0 Å². The third kappa shape index (κ3) is 3.52. The Balaban J connectivity index is 2.71. The van der Waals surface area contributed by atoms with E-state index < -0.39 is 0 Å². The van der Waals surface area contributed by atoms with Crippen LogP contribution in [0.15, 0.2) is 35.2 Å². The van der Waals surface area contributed by atoms with Crippen molar-refractivity contribution < 1.29 is 9.47 Å². The van der Waals surface area contributed by atoms with E-state index in [1.807, 2.05) is 18.2 Å². The number of hydrogen-bond acceptors (Lipinski definition) is 3. The normalized spacial score (nSPS) is 12.1. The summed E-state index contributed by atoms with van der Waals surface area (Å²) in [7, 11) is 3.34. The summed E-state index contributed by atoms with van der Waals surface area (Å²) in [6, 6.07) is 10.3. The summed E-state index contributed by atoms with van der Waals surface area (Å²) < 4.78 is 10.5. The van der Waals surface area contributed by atoms with E-state index in [-0.39, 0.29) is 11.0 Å². The molecule has 0 radical (unpaired) electrons. The van der Waals surface area contributed by atoms with E-state index >= 15 is 0 Å². The van der Waals surface area contributed by atoms with Crippen LogP contribution in [0.3, 0.4) is 0 Å². The Bertz CT molecular complexity index is 281. The quantitative estimate of drug-likeness (QED) is 0.567. The Hall–Kier alpha value is -0.510. The van der Waals surface area contributed by atoms with Crippen LogP contribution in [-0.4, -0.2) is 25.3 Å². The molecule has 0 fully saturated rings. The van der Waals surface area contributed by atoms with E-state index in [9.17, 15) is 0 Å². The molecule has 0 saturated carbocycles. The van der Waals surface area contributed by atoms with E-state index in [1.165, 1.54) is 4.90 Å². The van der Waals surface area contributed by atoms with Crippen LogP contribution in [0.2, 0.25) is 0 Å². The predicted molar refractivity (Wildman–Crippen MR) is 64.2 cm³/mol. The highest BCUT2D eigenvalue weighted by Crippen LogP contribution is 2.36. The monoisotopic (exact) mass is 226 g/mol. The first-order chi connectivity index (χ1) is 7.10. The summed E-state index contributed by atoms with van der Waals surface area (Å²) in [6.45, 7) is 4.23. The van der Waals surface area contributed by atoms with Crippen molar-refractivity contribution in [3.8, 4) is 0 Å². The highest BCUT2D eigenvalue weighted by Gasteiger charge is 2.30. The minimum absolute atomic E-state index is 0.106. The van der Waals surface area contributed by atoms with E-state index in [4.69, 9.17) is 9.47 Å². The minimum Gasteiger partial charge on any atom is -0.354 e. The first-order valence-corrected chi connectivity index (χ1v) is 5.71. The smallest absolute Gasteiger partial charge is 0.171 e. The van der Waals surface area contributed by atoms with Gasteiger partial charge in [-0.2, -0.15) is 0 Å². The molecule has 0 spiro atoms. The van der Waals surface area contributed by atoms with Crippen LogP contribution in [0, 0.1) is 0 Å². The maximum Gasteiger partial charge on any atom is 0.171 e. The van der Waals surface area contributed by atoms with Gasteiger partial charge < -0.3 is 9.47 Å². The third-order valence-corrected chi connectivity index (χ3v) is 3.35. The zero-order valence-corrected chi connectivity index (χ0v) is 10.5. The van der Waals surface area contributed by atoms with Crippen molar-refractivity contribution in [1.82, 2.24) is 0 Å². The molecule has 0 aliphatic rings. The number of benzene rings is 1. The zero-order chi connectivity index (χ0) is 11.3. The molecule has 0 N–H and O–H groups in total. The Morgan fingerprint density at radius 1 is 1.07 bits per heavy atom. The van der Waals surface area contributed by atoms with Crippen LogP contribution in [-0.2, 0) is 9.47 Å². The van der Waals surface area contributed by atoms with Crippen molar-refractivity contribution in [3.05, 3.63) is 30.3 Å². The van der Waals surface area contributed by atoms with Crippen molar-refractivity contribution in [2.75, 3.05) is 14.2 Å². The van der Waals surface area contributed by atoms with Gasteiger partial charge in [-0.25, -0.2) is 0 Å². The predicted octanol–water partition coefficient (Wildman–Crippen LogP) is 3.18. The summed E-state index contributed by atoms with van der Waals surface area (Å²) in [5.41, 5.74) is 0. The van der Waals surface area contributed by atoms with E-state index in [1.54, 1.807) is 26.0 Å². The molecule has 1 rings (SSSR count). The van der Waals surface area contributed by atoms with Crippen LogP contribution in [0.1, 0.15) is 13.8 Å². The molecule has 15 heavy (non-hydrogen) atoms.